The van der Waals surface area contributed by atoms with Crippen molar-refractivity contribution in [2.45, 2.75) is 12.5 Å². The highest BCUT2D eigenvalue weighted by atomic mass is 19.1. The molecular weight excluding hydrogens is 229 g/mol. The molecule has 98 valence electrons. The number of hydrogen-bond acceptors (Lipinski definition) is 3. The van der Waals surface area contributed by atoms with Crippen LogP contribution in [0.1, 0.15) is 6.42 Å². The van der Waals surface area contributed by atoms with E-state index >= 15 is 0 Å². The Bertz CT molecular complexity index is 389. The van der Waals surface area contributed by atoms with Gasteiger partial charge >= 0.3 is 0 Å². The lowest BCUT2D eigenvalue weighted by Crippen LogP contribution is -2.57. The summed E-state index contributed by atoms with van der Waals surface area (Å²) in [5.41, 5.74) is 1.14. The fourth-order valence-electron chi connectivity index (χ4n) is 2.74. The lowest BCUT2D eigenvalue weighted by Gasteiger charge is -2.37. The Labute approximate surface area is 108 Å². The molecule has 0 bridgehead atoms. The van der Waals surface area contributed by atoms with Crippen molar-refractivity contribution in [3.63, 3.8) is 0 Å². The summed E-state index contributed by atoms with van der Waals surface area (Å²) in [7, 11) is 0. The Morgan fingerprint density at radius 2 is 1.78 bits per heavy atom. The number of benzene rings is 1. The molecule has 2 heterocycles. The van der Waals surface area contributed by atoms with Crippen LogP contribution in [0, 0.1) is 5.82 Å². The number of nitrogens with one attached hydrogen (secondary N) is 1. The third-order valence-electron chi connectivity index (χ3n) is 4.00. The molecule has 2 fully saturated rings. The van der Waals surface area contributed by atoms with Crippen molar-refractivity contribution in [2.24, 2.45) is 0 Å². The highest BCUT2D eigenvalue weighted by molar-refractivity contribution is 5.46. The molecule has 0 aliphatic carbocycles. The minimum atomic E-state index is -0.157. The Hall–Kier alpha value is -1.13. The maximum atomic E-state index is 12.9. The predicted molar refractivity (Wildman–Crippen MR) is 71.5 cm³/mol. The number of hydrogen-bond donors (Lipinski definition) is 1. The van der Waals surface area contributed by atoms with Gasteiger partial charge in [0.1, 0.15) is 5.82 Å². The van der Waals surface area contributed by atoms with Crippen LogP contribution in [-0.2, 0) is 0 Å². The summed E-state index contributed by atoms with van der Waals surface area (Å²) in [6.45, 7) is 6.69. The van der Waals surface area contributed by atoms with Crippen LogP contribution in [0.25, 0.3) is 0 Å². The zero-order valence-electron chi connectivity index (χ0n) is 10.6. The highest BCUT2D eigenvalue weighted by Gasteiger charge is 2.26. The van der Waals surface area contributed by atoms with Gasteiger partial charge in [-0.1, -0.05) is 0 Å². The van der Waals surface area contributed by atoms with E-state index in [-0.39, 0.29) is 5.82 Å². The van der Waals surface area contributed by atoms with E-state index in [0.717, 1.165) is 44.5 Å². The topological polar surface area (TPSA) is 18.5 Å². The van der Waals surface area contributed by atoms with Gasteiger partial charge in [0.2, 0.25) is 0 Å². The molecule has 18 heavy (non-hydrogen) atoms. The molecule has 0 radical (unpaired) electrons. The molecule has 0 unspecified atom stereocenters. The van der Waals surface area contributed by atoms with Crippen LogP contribution in [0.3, 0.4) is 0 Å². The quantitative estimate of drug-likeness (QED) is 0.852. The van der Waals surface area contributed by atoms with Gasteiger partial charge in [-0.05, 0) is 30.7 Å². The van der Waals surface area contributed by atoms with Crippen LogP contribution in [0.15, 0.2) is 24.3 Å². The standard InChI is InChI=1S/C14H20FN3/c15-12-2-4-13(5-3-12)17-6-1-7-18(9-8-17)14-10-16-11-14/h2-5,14,16H,1,6-11H2. The smallest absolute Gasteiger partial charge is 0.123 e. The molecule has 4 heteroatoms. The molecule has 1 aromatic rings. The van der Waals surface area contributed by atoms with Gasteiger partial charge in [-0.2, -0.15) is 0 Å². The molecule has 2 aliphatic heterocycles. The molecule has 1 N–H and O–H groups in total. The Kier molecular flexibility index (Phi) is 3.48. The third-order valence-corrected chi connectivity index (χ3v) is 4.00. The van der Waals surface area contributed by atoms with Gasteiger partial charge in [-0.25, -0.2) is 4.39 Å². The normalized spacial score (nSPS) is 22.6. The van der Waals surface area contributed by atoms with E-state index in [9.17, 15) is 4.39 Å². The summed E-state index contributed by atoms with van der Waals surface area (Å²) < 4.78 is 12.9. The monoisotopic (exact) mass is 249 g/mol. The molecule has 0 amide bonds. The molecule has 0 saturated carbocycles. The second kappa shape index (κ2) is 5.24. The van der Waals surface area contributed by atoms with Crippen LogP contribution in [0.2, 0.25) is 0 Å². The summed E-state index contributed by atoms with van der Waals surface area (Å²) in [4.78, 5) is 4.95. The zero-order chi connectivity index (χ0) is 12.4. The largest absolute Gasteiger partial charge is 0.370 e. The molecule has 3 rings (SSSR count). The molecule has 2 aliphatic rings. The number of halogens is 1. The van der Waals surface area contributed by atoms with Gasteiger partial charge in [0.25, 0.3) is 0 Å². The maximum absolute atomic E-state index is 12.9. The van der Waals surface area contributed by atoms with Crippen molar-refractivity contribution >= 4 is 5.69 Å². The van der Waals surface area contributed by atoms with E-state index in [2.05, 4.69) is 15.1 Å². The summed E-state index contributed by atoms with van der Waals surface area (Å²) in [6.07, 6.45) is 1.19. The highest BCUT2D eigenvalue weighted by Crippen LogP contribution is 2.18. The van der Waals surface area contributed by atoms with E-state index in [1.807, 2.05) is 12.1 Å². The van der Waals surface area contributed by atoms with E-state index in [1.54, 1.807) is 12.1 Å². The van der Waals surface area contributed by atoms with Crippen LogP contribution < -0.4 is 10.2 Å². The maximum Gasteiger partial charge on any atom is 0.123 e. The molecular formula is C14H20FN3. The van der Waals surface area contributed by atoms with Crippen molar-refractivity contribution in [3.05, 3.63) is 30.1 Å². The molecule has 2 saturated heterocycles. The molecule has 0 spiro atoms. The fourth-order valence-corrected chi connectivity index (χ4v) is 2.74. The van der Waals surface area contributed by atoms with Crippen LogP contribution >= 0.6 is 0 Å². The van der Waals surface area contributed by atoms with E-state index in [4.69, 9.17) is 0 Å². The minimum absolute atomic E-state index is 0.157. The minimum Gasteiger partial charge on any atom is -0.370 e. The van der Waals surface area contributed by atoms with Gasteiger partial charge in [0.15, 0.2) is 0 Å². The first-order chi connectivity index (χ1) is 8.83. The van der Waals surface area contributed by atoms with Gasteiger partial charge in [0, 0.05) is 51.0 Å². The SMILES string of the molecule is Fc1ccc(N2CCCN(C3CNC3)CC2)cc1. The van der Waals surface area contributed by atoms with Gasteiger partial charge in [-0.3, -0.25) is 4.90 Å². The second-order valence-corrected chi connectivity index (χ2v) is 5.17. The molecule has 0 atom stereocenters. The predicted octanol–water partition coefficient (Wildman–Crippen LogP) is 1.31. The van der Waals surface area contributed by atoms with Gasteiger partial charge in [-0.15, -0.1) is 0 Å². The van der Waals surface area contributed by atoms with Crippen molar-refractivity contribution in [2.75, 3.05) is 44.2 Å². The second-order valence-electron chi connectivity index (χ2n) is 5.17. The lowest BCUT2D eigenvalue weighted by molar-refractivity contribution is 0.155. The lowest BCUT2D eigenvalue weighted by atomic mass is 10.1. The summed E-state index contributed by atoms with van der Waals surface area (Å²) in [5, 5.41) is 3.33. The van der Waals surface area contributed by atoms with E-state index < -0.39 is 0 Å². The van der Waals surface area contributed by atoms with Crippen molar-refractivity contribution in [3.8, 4) is 0 Å². The summed E-state index contributed by atoms with van der Waals surface area (Å²) >= 11 is 0. The fraction of sp³-hybridized carbons (Fsp3) is 0.571. The Morgan fingerprint density at radius 3 is 2.44 bits per heavy atom. The zero-order valence-corrected chi connectivity index (χ0v) is 10.6. The first-order valence-corrected chi connectivity index (χ1v) is 6.78. The molecule has 3 nitrogen and oxygen atoms in total. The average Bonchev–Trinajstić information content (AvgIpc) is 2.54. The van der Waals surface area contributed by atoms with Gasteiger partial charge < -0.3 is 10.2 Å². The first-order valence-electron chi connectivity index (χ1n) is 6.78. The Balaban J connectivity index is 1.62. The van der Waals surface area contributed by atoms with Crippen LogP contribution in [0.4, 0.5) is 10.1 Å². The number of anilines is 1. The molecule has 0 aromatic heterocycles. The molecule has 1 aromatic carbocycles. The van der Waals surface area contributed by atoms with E-state index in [0.29, 0.717) is 0 Å². The van der Waals surface area contributed by atoms with Gasteiger partial charge in [0.05, 0.1) is 0 Å². The van der Waals surface area contributed by atoms with E-state index in [1.165, 1.54) is 13.0 Å². The van der Waals surface area contributed by atoms with Crippen molar-refractivity contribution in [1.82, 2.24) is 10.2 Å². The van der Waals surface area contributed by atoms with Crippen molar-refractivity contribution < 1.29 is 4.39 Å². The number of nitrogens with zero attached hydrogens (tertiary/aromatic N) is 2. The Morgan fingerprint density at radius 1 is 1.00 bits per heavy atom. The average molecular weight is 249 g/mol. The third kappa shape index (κ3) is 2.49. The number of rotatable bonds is 2. The first kappa shape index (κ1) is 11.9. The summed E-state index contributed by atoms with van der Waals surface area (Å²) in [5.74, 6) is -0.157. The van der Waals surface area contributed by atoms with Crippen molar-refractivity contribution in [1.29, 1.82) is 0 Å². The van der Waals surface area contributed by atoms with Crippen LogP contribution in [-0.4, -0.2) is 50.2 Å². The van der Waals surface area contributed by atoms with Crippen LogP contribution in [0.5, 0.6) is 0 Å². The summed E-state index contributed by atoms with van der Waals surface area (Å²) in [6, 6.07) is 7.60.